The minimum Gasteiger partial charge on any atom is -0.461 e. The molecule has 0 saturated carbocycles. The molecule has 0 bridgehead atoms. The van der Waals surface area contributed by atoms with E-state index in [9.17, 15) is 31.1 Å². The Hall–Kier alpha value is -3.45. The van der Waals surface area contributed by atoms with Gasteiger partial charge in [-0.15, -0.1) is 10.2 Å². The number of carbonyl (C=O) groups is 1. The monoisotopic (exact) mass is 546 g/mol. The molecule has 1 amide bonds. The summed E-state index contributed by atoms with van der Waals surface area (Å²) < 4.78 is 85.4. The number of benzene rings is 2. The van der Waals surface area contributed by atoms with E-state index >= 15 is 0 Å². The van der Waals surface area contributed by atoms with Gasteiger partial charge in [-0.2, -0.15) is 26.3 Å². The zero-order valence-corrected chi connectivity index (χ0v) is 19.3. The molecule has 2 aromatic carbocycles. The second kappa shape index (κ2) is 9.90. The van der Waals surface area contributed by atoms with Crippen LogP contribution in [0.4, 0.5) is 32.0 Å². The molecule has 0 spiro atoms. The smallest absolute Gasteiger partial charge is 0.416 e. The van der Waals surface area contributed by atoms with Crippen molar-refractivity contribution in [3.05, 3.63) is 77.0 Å². The summed E-state index contributed by atoms with van der Waals surface area (Å²) in [6.45, 7) is 0. The maximum absolute atomic E-state index is 13.1. The summed E-state index contributed by atoms with van der Waals surface area (Å²) in [7, 11) is 0. The topological polar surface area (TPSA) is 73.0 Å². The highest BCUT2D eigenvalue weighted by molar-refractivity contribution is 7.99. The average Bonchev–Trinajstić information content (AvgIpc) is 3.47. The molecule has 0 unspecified atom stereocenters. The van der Waals surface area contributed by atoms with Crippen LogP contribution in [0.2, 0.25) is 5.02 Å². The van der Waals surface area contributed by atoms with E-state index in [1.165, 1.54) is 6.26 Å². The molecule has 0 fully saturated rings. The molecule has 6 nitrogen and oxygen atoms in total. The van der Waals surface area contributed by atoms with Crippen LogP contribution < -0.4 is 5.32 Å². The van der Waals surface area contributed by atoms with Crippen LogP contribution in [0, 0.1) is 0 Å². The molecular weight excluding hydrogens is 534 g/mol. The quantitative estimate of drug-likeness (QED) is 0.209. The average molecular weight is 547 g/mol. The largest absolute Gasteiger partial charge is 0.461 e. The van der Waals surface area contributed by atoms with E-state index in [0.29, 0.717) is 34.4 Å². The fourth-order valence-corrected chi connectivity index (χ4v) is 3.98. The van der Waals surface area contributed by atoms with Gasteiger partial charge in [0.15, 0.2) is 10.9 Å². The first-order valence-electron chi connectivity index (χ1n) is 9.89. The van der Waals surface area contributed by atoms with E-state index in [4.69, 9.17) is 16.0 Å². The first kappa shape index (κ1) is 25.6. The molecule has 4 aromatic rings. The van der Waals surface area contributed by atoms with E-state index in [0.717, 1.165) is 11.8 Å². The molecule has 0 aliphatic carbocycles. The van der Waals surface area contributed by atoms with Crippen molar-refractivity contribution >= 4 is 35.0 Å². The van der Waals surface area contributed by atoms with Crippen LogP contribution in [0.25, 0.3) is 17.3 Å². The van der Waals surface area contributed by atoms with Gasteiger partial charge in [0, 0.05) is 16.4 Å². The second-order valence-electron chi connectivity index (χ2n) is 7.23. The third-order valence-corrected chi connectivity index (χ3v) is 5.84. The zero-order valence-electron chi connectivity index (χ0n) is 17.7. The predicted octanol–water partition coefficient (Wildman–Crippen LogP) is 6.95. The van der Waals surface area contributed by atoms with E-state index in [-0.39, 0.29) is 17.0 Å². The lowest BCUT2D eigenvalue weighted by molar-refractivity contribution is -0.143. The fraction of sp³-hybridized carbons (Fsp3) is 0.136. The Morgan fingerprint density at radius 1 is 0.972 bits per heavy atom. The van der Waals surface area contributed by atoms with E-state index in [2.05, 4.69) is 15.5 Å². The first-order chi connectivity index (χ1) is 16.9. The number of aromatic nitrogens is 3. The van der Waals surface area contributed by atoms with Crippen LogP contribution in [0.15, 0.2) is 70.4 Å². The molecule has 2 heterocycles. The van der Waals surface area contributed by atoms with Gasteiger partial charge in [-0.25, -0.2) is 0 Å². The molecule has 1 N–H and O–H groups in total. The lowest BCUT2D eigenvalue weighted by Gasteiger charge is -2.15. The van der Waals surface area contributed by atoms with Crippen LogP contribution in [-0.4, -0.2) is 26.4 Å². The maximum Gasteiger partial charge on any atom is 0.416 e. The summed E-state index contributed by atoms with van der Waals surface area (Å²) in [6, 6.07) is 10.7. The molecular formula is C22H13ClF6N4O2S. The van der Waals surface area contributed by atoms with E-state index < -0.39 is 35.1 Å². The van der Waals surface area contributed by atoms with Crippen LogP contribution in [-0.2, 0) is 17.1 Å². The first-order valence-corrected chi connectivity index (χ1v) is 11.3. The van der Waals surface area contributed by atoms with Gasteiger partial charge >= 0.3 is 12.4 Å². The van der Waals surface area contributed by atoms with Gasteiger partial charge in [0.05, 0.1) is 23.1 Å². The summed E-state index contributed by atoms with van der Waals surface area (Å²) in [4.78, 5) is 12.4. The Kier molecular flexibility index (Phi) is 7.05. The number of halogens is 7. The van der Waals surface area contributed by atoms with Gasteiger partial charge in [0.2, 0.25) is 11.7 Å². The van der Waals surface area contributed by atoms with Gasteiger partial charge in [0.25, 0.3) is 0 Å². The summed E-state index contributed by atoms with van der Waals surface area (Å²) in [5.41, 5.74) is -3.14. The summed E-state index contributed by atoms with van der Waals surface area (Å²) in [6.07, 6.45) is -8.64. The number of nitrogens with zero attached hydrogens (tertiary/aromatic N) is 3. The maximum atomic E-state index is 13.1. The van der Waals surface area contributed by atoms with Crippen molar-refractivity contribution in [2.75, 3.05) is 11.1 Å². The highest BCUT2D eigenvalue weighted by Crippen LogP contribution is 2.37. The SMILES string of the molecule is O=C(CSc1nnc(-c2ccco2)n1-c1ccc(Cl)cc1)Nc1cc(C(F)(F)F)cc(C(F)(F)F)c1. The Balaban J connectivity index is 1.57. The van der Waals surface area contributed by atoms with Crippen molar-refractivity contribution in [1.82, 2.24) is 14.8 Å². The second-order valence-corrected chi connectivity index (χ2v) is 8.61. The van der Waals surface area contributed by atoms with Crippen LogP contribution in [0.3, 0.4) is 0 Å². The number of amides is 1. The number of hydrogen-bond acceptors (Lipinski definition) is 5. The van der Waals surface area contributed by atoms with Crippen molar-refractivity contribution < 1.29 is 35.6 Å². The van der Waals surface area contributed by atoms with Gasteiger partial charge in [-0.1, -0.05) is 23.4 Å². The van der Waals surface area contributed by atoms with E-state index in [1.807, 2.05) is 0 Å². The van der Waals surface area contributed by atoms with Gasteiger partial charge in [0.1, 0.15) is 0 Å². The van der Waals surface area contributed by atoms with Crippen molar-refractivity contribution in [1.29, 1.82) is 0 Å². The van der Waals surface area contributed by atoms with Crippen LogP contribution in [0.5, 0.6) is 0 Å². The molecule has 0 aliphatic rings. The number of hydrogen-bond donors (Lipinski definition) is 1. The number of rotatable bonds is 6. The molecule has 0 atom stereocenters. The van der Waals surface area contributed by atoms with Crippen LogP contribution >= 0.6 is 23.4 Å². The number of alkyl halides is 6. The van der Waals surface area contributed by atoms with Crippen molar-refractivity contribution in [3.8, 4) is 17.3 Å². The van der Waals surface area contributed by atoms with Gasteiger partial charge < -0.3 is 9.73 Å². The lowest BCUT2D eigenvalue weighted by Crippen LogP contribution is -2.17. The van der Waals surface area contributed by atoms with E-state index in [1.54, 1.807) is 41.0 Å². The number of carbonyl (C=O) groups excluding carboxylic acids is 1. The third-order valence-electron chi connectivity index (χ3n) is 4.66. The third kappa shape index (κ3) is 5.85. The Labute approximate surface area is 208 Å². The number of furan rings is 1. The minimum absolute atomic E-state index is 0.0187. The molecule has 36 heavy (non-hydrogen) atoms. The number of thioether (sulfide) groups is 1. The minimum atomic E-state index is -5.03. The molecule has 0 saturated heterocycles. The normalized spacial score (nSPS) is 12.1. The Morgan fingerprint density at radius 2 is 1.61 bits per heavy atom. The molecule has 4 rings (SSSR count). The molecule has 0 radical (unpaired) electrons. The van der Waals surface area contributed by atoms with Crippen molar-refractivity contribution in [3.63, 3.8) is 0 Å². The number of anilines is 1. The van der Waals surface area contributed by atoms with Crippen molar-refractivity contribution in [2.24, 2.45) is 0 Å². The fourth-order valence-electron chi connectivity index (χ4n) is 3.11. The Bertz CT molecular complexity index is 1340. The standard InChI is InChI=1S/C22H13ClF6N4O2S/c23-14-3-5-16(6-4-14)33-19(17-2-1-7-35-17)31-32-20(33)36-11-18(34)30-15-9-12(21(24,25)26)8-13(10-15)22(27,28)29/h1-10H,11H2,(H,30,34). The highest BCUT2D eigenvalue weighted by Gasteiger charge is 2.37. The van der Waals surface area contributed by atoms with Crippen molar-refractivity contribution in [2.45, 2.75) is 17.5 Å². The highest BCUT2D eigenvalue weighted by atomic mass is 35.5. The van der Waals surface area contributed by atoms with Gasteiger partial charge in [-0.05, 0) is 54.6 Å². The summed E-state index contributed by atoms with van der Waals surface area (Å²) in [5, 5.41) is 10.9. The predicted molar refractivity (Wildman–Crippen MR) is 120 cm³/mol. The molecule has 188 valence electrons. The zero-order chi connectivity index (χ0) is 26.1. The summed E-state index contributed by atoms with van der Waals surface area (Å²) in [5.74, 6) is -0.561. The number of nitrogens with one attached hydrogen (secondary N) is 1. The van der Waals surface area contributed by atoms with Crippen LogP contribution in [0.1, 0.15) is 11.1 Å². The lowest BCUT2D eigenvalue weighted by atomic mass is 10.1. The van der Waals surface area contributed by atoms with Gasteiger partial charge in [-0.3, -0.25) is 9.36 Å². The Morgan fingerprint density at radius 3 is 2.17 bits per heavy atom. The molecule has 14 heteroatoms. The molecule has 2 aromatic heterocycles. The molecule has 0 aliphatic heterocycles. The summed E-state index contributed by atoms with van der Waals surface area (Å²) >= 11 is 6.82.